The lowest BCUT2D eigenvalue weighted by Crippen LogP contribution is -2.50. The summed E-state index contributed by atoms with van der Waals surface area (Å²) in [6, 6.07) is 2.12. The number of likely N-dealkylation sites (N-methyl/N-ethyl adjacent to an activating group) is 1. The van der Waals surface area contributed by atoms with E-state index in [2.05, 4.69) is 20.4 Å². The van der Waals surface area contributed by atoms with Gasteiger partial charge in [-0.25, -0.2) is 0 Å². The van der Waals surface area contributed by atoms with Gasteiger partial charge in [0.2, 0.25) is 5.91 Å². The van der Waals surface area contributed by atoms with E-state index in [4.69, 9.17) is 4.74 Å². The molecule has 1 aliphatic carbocycles. The standard InChI is InChI=1S/C24H35N5O3S/c1-15-19-12-21(33-24(19)27-26-15)23(31)25-18-7-10-32-20(11-18)17-5-3-16(4-6-17)13-29-9-8-28(2)22(30)14-29/h12,16-18,20H,3-11,13-14H2,1-2H3,(H,25,31)(H,26,27)/t16?,17?,18-,20-/m1/s1. The predicted molar refractivity (Wildman–Crippen MR) is 128 cm³/mol. The molecule has 2 N–H and O–H groups in total. The van der Waals surface area contributed by atoms with Crippen molar-refractivity contribution in [3.8, 4) is 0 Å². The molecule has 180 valence electrons. The van der Waals surface area contributed by atoms with E-state index in [-0.39, 0.29) is 24.0 Å². The maximum absolute atomic E-state index is 12.8. The molecule has 0 spiro atoms. The summed E-state index contributed by atoms with van der Waals surface area (Å²) in [5.41, 5.74) is 0.932. The van der Waals surface area contributed by atoms with E-state index < -0.39 is 0 Å². The average Bonchev–Trinajstić information content (AvgIpc) is 3.39. The van der Waals surface area contributed by atoms with Crippen LogP contribution in [-0.2, 0) is 9.53 Å². The number of carbonyl (C=O) groups is 2. The van der Waals surface area contributed by atoms with Crippen LogP contribution >= 0.6 is 11.3 Å². The first kappa shape index (κ1) is 22.8. The fourth-order valence-electron chi connectivity index (χ4n) is 5.66. The molecule has 9 heteroatoms. The lowest BCUT2D eigenvalue weighted by molar-refractivity contribution is -0.134. The number of hydrogen-bond acceptors (Lipinski definition) is 6. The highest BCUT2D eigenvalue weighted by atomic mass is 32.1. The van der Waals surface area contributed by atoms with E-state index >= 15 is 0 Å². The third-order valence-corrected chi connectivity index (χ3v) is 8.83. The van der Waals surface area contributed by atoms with Crippen LogP contribution in [0.15, 0.2) is 6.07 Å². The minimum absolute atomic E-state index is 0.0140. The Morgan fingerprint density at radius 3 is 2.85 bits per heavy atom. The molecule has 0 bridgehead atoms. The SMILES string of the molecule is Cc1n[nH]c2sc(C(=O)N[C@@H]3CCO[C@@H](C4CCC(CN5CCN(C)C(=O)C5)CC4)C3)cc12. The van der Waals surface area contributed by atoms with Crippen LogP contribution in [0.3, 0.4) is 0 Å². The van der Waals surface area contributed by atoms with Crippen molar-refractivity contribution in [2.45, 2.75) is 57.6 Å². The monoisotopic (exact) mass is 473 g/mol. The normalized spacial score (nSPS) is 29.5. The van der Waals surface area contributed by atoms with E-state index in [0.717, 1.165) is 53.3 Å². The van der Waals surface area contributed by atoms with Crippen molar-refractivity contribution < 1.29 is 14.3 Å². The van der Waals surface area contributed by atoms with Crippen molar-refractivity contribution in [3.05, 3.63) is 16.6 Å². The number of nitrogens with zero attached hydrogens (tertiary/aromatic N) is 3. The maximum Gasteiger partial charge on any atom is 0.261 e. The Morgan fingerprint density at radius 2 is 2.09 bits per heavy atom. The molecule has 2 aliphatic heterocycles. The van der Waals surface area contributed by atoms with Gasteiger partial charge in [0.05, 0.1) is 23.2 Å². The lowest BCUT2D eigenvalue weighted by Gasteiger charge is -2.40. The van der Waals surface area contributed by atoms with Gasteiger partial charge in [-0.05, 0) is 63.4 Å². The van der Waals surface area contributed by atoms with Gasteiger partial charge in [0, 0.05) is 44.7 Å². The third kappa shape index (κ3) is 5.10. The van der Waals surface area contributed by atoms with Crippen molar-refractivity contribution in [1.29, 1.82) is 0 Å². The second-order valence-corrected chi connectivity index (χ2v) is 11.1. The summed E-state index contributed by atoms with van der Waals surface area (Å²) in [7, 11) is 1.89. The number of thiophene rings is 1. The zero-order chi connectivity index (χ0) is 22.9. The number of ether oxygens (including phenoxy) is 1. The van der Waals surface area contributed by atoms with Gasteiger partial charge < -0.3 is 15.0 Å². The molecule has 4 heterocycles. The second kappa shape index (κ2) is 9.72. The predicted octanol–water partition coefficient (Wildman–Crippen LogP) is 2.79. The van der Waals surface area contributed by atoms with Crippen LogP contribution < -0.4 is 5.32 Å². The number of rotatable bonds is 5. The molecular formula is C24H35N5O3S. The van der Waals surface area contributed by atoms with Crippen LogP contribution in [0.5, 0.6) is 0 Å². The van der Waals surface area contributed by atoms with Gasteiger partial charge in [-0.15, -0.1) is 11.3 Å². The molecule has 5 rings (SSSR count). The first-order chi connectivity index (χ1) is 16.0. The topological polar surface area (TPSA) is 90.6 Å². The third-order valence-electron chi connectivity index (χ3n) is 7.79. The highest BCUT2D eigenvalue weighted by Crippen LogP contribution is 2.36. The quantitative estimate of drug-likeness (QED) is 0.697. The second-order valence-electron chi connectivity index (χ2n) is 10.1. The number of aromatic amines is 1. The molecule has 0 radical (unpaired) electrons. The first-order valence-corrected chi connectivity index (χ1v) is 13.1. The molecule has 2 saturated heterocycles. The number of aromatic nitrogens is 2. The first-order valence-electron chi connectivity index (χ1n) is 12.3. The van der Waals surface area contributed by atoms with Gasteiger partial charge >= 0.3 is 0 Å². The van der Waals surface area contributed by atoms with Gasteiger partial charge in [0.1, 0.15) is 4.83 Å². The van der Waals surface area contributed by atoms with Crippen LogP contribution in [0.4, 0.5) is 0 Å². The number of carbonyl (C=O) groups excluding carboxylic acids is 2. The number of hydrogen-bond donors (Lipinski definition) is 2. The fraction of sp³-hybridized carbons (Fsp3) is 0.708. The Morgan fingerprint density at radius 1 is 1.27 bits per heavy atom. The van der Waals surface area contributed by atoms with E-state index in [1.54, 1.807) is 0 Å². The number of aryl methyl sites for hydroxylation is 1. The Bertz CT molecular complexity index is 996. The van der Waals surface area contributed by atoms with Crippen molar-refractivity contribution in [3.63, 3.8) is 0 Å². The Hall–Kier alpha value is -1.97. The summed E-state index contributed by atoms with van der Waals surface area (Å²) >= 11 is 1.47. The van der Waals surface area contributed by atoms with E-state index in [0.29, 0.717) is 25.0 Å². The van der Waals surface area contributed by atoms with Crippen LogP contribution in [0.2, 0.25) is 0 Å². The Labute approximate surface area is 199 Å². The maximum atomic E-state index is 12.8. The van der Waals surface area contributed by atoms with Crippen LogP contribution in [0.1, 0.15) is 53.9 Å². The number of nitrogens with one attached hydrogen (secondary N) is 2. The molecule has 8 nitrogen and oxygen atoms in total. The summed E-state index contributed by atoms with van der Waals surface area (Å²) < 4.78 is 6.17. The number of piperazine rings is 1. The summed E-state index contributed by atoms with van der Waals surface area (Å²) in [4.78, 5) is 30.7. The molecule has 1 saturated carbocycles. The van der Waals surface area contributed by atoms with Gasteiger partial charge in [-0.3, -0.25) is 19.6 Å². The molecule has 0 unspecified atom stereocenters. The lowest BCUT2D eigenvalue weighted by atomic mass is 9.77. The Kier molecular flexibility index (Phi) is 6.72. The summed E-state index contributed by atoms with van der Waals surface area (Å²) in [5, 5.41) is 11.5. The highest BCUT2D eigenvalue weighted by molar-refractivity contribution is 7.20. The van der Waals surface area contributed by atoms with Crippen molar-refractivity contribution >= 4 is 33.4 Å². The molecule has 3 fully saturated rings. The minimum Gasteiger partial charge on any atom is -0.378 e. The summed E-state index contributed by atoms with van der Waals surface area (Å²) in [6.07, 6.45) is 6.78. The average molecular weight is 474 g/mol. The van der Waals surface area contributed by atoms with Gasteiger partial charge in [-0.2, -0.15) is 5.10 Å². The highest BCUT2D eigenvalue weighted by Gasteiger charge is 2.34. The molecular weight excluding hydrogens is 438 g/mol. The Balaban J connectivity index is 1.09. The molecule has 2 atom stereocenters. The van der Waals surface area contributed by atoms with Crippen molar-refractivity contribution in [2.24, 2.45) is 11.8 Å². The summed E-state index contributed by atoms with van der Waals surface area (Å²) in [5.74, 6) is 1.51. The zero-order valence-corrected chi connectivity index (χ0v) is 20.5. The van der Waals surface area contributed by atoms with E-state index in [1.807, 2.05) is 24.9 Å². The number of amides is 2. The minimum atomic E-state index is 0.0140. The molecule has 2 amide bonds. The van der Waals surface area contributed by atoms with Gasteiger partial charge in [0.15, 0.2) is 0 Å². The molecule has 2 aromatic heterocycles. The number of fused-ring (bicyclic) bond motifs is 1. The zero-order valence-electron chi connectivity index (χ0n) is 19.6. The molecule has 33 heavy (non-hydrogen) atoms. The van der Waals surface area contributed by atoms with Gasteiger partial charge in [0.25, 0.3) is 5.91 Å². The van der Waals surface area contributed by atoms with E-state index in [1.165, 1.54) is 37.0 Å². The molecule has 2 aromatic rings. The molecule has 0 aromatic carbocycles. The van der Waals surface area contributed by atoms with Crippen LogP contribution in [0, 0.1) is 18.8 Å². The summed E-state index contributed by atoms with van der Waals surface area (Å²) in [6.45, 7) is 6.11. The fourth-order valence-corrected chi connectivity index (χ4v) is 6.62. The van der Waals surface area contributed by atoms with Crippen molar-refractivity contribution in [1.82, 2.24) is 25.3 Å². The molecule has 3 aliphatic rings. The largest absolute Gasteiger partial charge is 0.378 e. The van der Waals surface area contributed by atoms with Gasteiger partial charge in [-0.1, -0.05) is 0 Å². The van der Waals surface area contributed by atoms with E-state index in [9.17, 15) is 9.59 Å². The number of H-pyrrole nitrogens is 1. The smallest absolute Gasteiger partial charge is 0.261 e. The van der Waals surface area contributed by atoms with Crippen molar-refractivity contribution in [2.75, 3.05) is 39.8 Å². The van der Waals surface area contributed by atoms with Crippen LogP contribution in [-0.4, -0.2) is 83.8 Å². The van der Waals surface area contributed by atoms with Crippen LogP contribution in [0.25, 0.3) is 10.2 Å².